The molecule has 124 valence electrons. The third-order valence-corrected chi connectivity index (χ3v) is 4.95. The lowest BCUT2D eigenvalue weighted by molar-refractivity contribution is -0.132. The SMILES string of the molecule is CCCC(O)C(/C=C(\C)C(=O)O)(N(CC)CC)S(=O)(=O)O. The van der Waals surface area contributed by atoms with E-state index in [1.807, 2.05) is 0 Å². The zero-order valence-corrected chi connectivity index (χ0v) is 13.7. The number of aliphatic hydroxyl groups excluding tert-OH is 1. The summed E-state index contributed by atoms with van der Waals surface area (Å²) < 4.78 is 33.7. The average molecular weight is 323 g/mol. The summed E-state index contributed by atoms with van der Waals surface area (Å²) in [6.45, 7) is 6.78. The van der Waals surface area contributed by atoms with Crippen molar-refractivity contribution < 1.29 is 28.0 Å². The quantitative estimate of drug-likeness (QED) is 0.430. The molecule has 0 aromatic carbocycles. The van der Waals surface area contributed by atoms with E-state index in [1.54, 1.807) is 20.8 Å². The second-order valence-electron chi connectivity index (χ2n) is 4.84. The van der Waals surface area contributed by atoms with Crippen LogP contribution in [0.5, 0.6) is 0 Å². The van der Waals surface area contributed by atoms with Gasteiger partial charge in [-0.15, -0.1) is 0 Å². The van der Waals surface area contributed by atoms with E-state index in [0.717, 1.165) is 6.08 Å². The smallest absolute Gasteiger partial charge is 0.331 e. The van der Waals surface area contributed by atoms with Crippen molar-refractivity contribution in [2.75, 3.05) is 13.1 Å². The molecule has 0 aliphatic carbocycles. The van der Waals surface area contributed by atoms with Crippen LogP contribution >= 0.6 is 0 Å². The predicted molar refractivity (Wildman–Crippen MR) is 79.5 cm³/mol. The van der Waals surface area contributed by atoms with Gasteiger partial charge in [0.1, 0.15) is 0 Å². The number of carbonyl (C=O) groups is 1. The van der Waals surface area contributed by atoms with Crippen molar-refractivity contribution in [3.63, 3.8) is 0 Å². The Kier molecular flexibility index (Phi) is 7.52. The number of rotatable bonds is 9. The standard InChI is InChI=1S/C13H25NO6S/c1-5-8-11(15)13(21(18,19)20,14(6-2)7-3)9-10(4)12(16)17/h9,11,15H,5-8H2,1-4H3,(H,16,17)(H,18,19,20)/b10-9+. The van der Waals surface area contributed by atoms with Crippen LogP contribution in [0, 0.1) is 0 Å². The number of carboxylic acid groups (broad SMARTS) is 1. The first-order valence-corrected chi connectivity index (χ1v) is 8.35. The highest BCUT2D eigenvalue weighted by Crippen LogP contribution is 2.31. The molecule has 0 bridgehead atoms. The minimum Gasteiger partial charge on any atom is -0.478 e. The summed E-state index contributed by atoms with van der Waals surface area (Å²) in [4.78, 5) is 10.2. The molecule has 0 aromatic rings. The number of nitrogens with zero attached hydrogens (tertiary/aromatic N) is 1. The predicted octanol–water partition coefficient (Wildman–Crippen LogP) is 1.10. The largest absolute Gasteiger partial charge is 0.478 e. The van der Waals surface area contributed by atoms with E-state index in [-0.39, 0.29) is 25.1 Å². The molecule has 0 saturated heterocycles. The molecular weight excluding hydrogens is 298 g/mol. The molecule has 0 saturated carbocycles. The van der Waals surface area contributed by atoms with Crippen molar-refractivity contribution in [1.82, 2.24) is 4.90 Å². The summed E-state index contributed by atoms with van der Waals surface area (Å²) in [6, 6.07) is 0. The first-order valence-electron chi connectivity index (χ1n) is 6.91. The Hall–Kier alpha value is -0.960. The Morgan fingerprint density at radius 1 is 1.29 bits per heavy atom. The Morgan fingerprint density at radius 2 is 1.76 bits per heavy atom. The van der Waals surface area contributed by atoms with E-state index in [9.17, 15) is 22.9 Å². The zero-order chi connectivity index (χ0) is 16.8. The second kappa shape index (κ2) is 7.88. The van der Waals surface area contributed by atoms with E-state index in [4.69, 9.17) is 5.11 Å². The monoisotopic (exact) mass is 323 g/mol. The van der Waals surface area contributed by atoms with Gasteiger partial charge in [-0.05, 0) is 32.5 Å². The summed E-state index contributed by atoms with van der Waals surface area (Å²) in [5.41, 5.74) is -0.255. The summed E-state index contributed by atoms with van der Waals surface area (Å²) in [6.07, 6.45) is 0.0869. The van der Waals surface area contributed by atoms with Crippen LogP contribution < -0.4 is 0 Å². The maximum Gasteiger partial charge on any atom is 0.331 e. The van der Waals surface area contributed by atoms with Crippen LogP contribution in [0.3, 0.4) is 0 Å². The third-order valence-electron chi connectivity index (χ3n) is 3.47. The molecule has 21 heavy (non-hydrogen) atoms. The Balaban J connectivity index is 6.37. The topological polar surface area (TPSA) is 115 Å². The number of carboxylic acids is 1. The molecule has 0 heterocycles. The van der Waals surface area contributed by atoms with E-state index >= 15 is 0 Å². The van der Waals surface area contributed by atoms with Crippen molar-refractivity contribution in [1.29, 1.82) is 0 Å². The highest BCUT2D eigenvalue weighted by Gasteiger charge is 2.51. The first kappa shape index (κ1) is 20.0. The summed E-state index contributed by atoms with van der Waals surface area (Å²) in [7, 11) is -4.76. The molecule has 0 aromatic heterocycles. The highest BCUT2D eigenvalue weighted by molar-refractivity contribution is 7.87. The second-order valence-corrected chi connectivity index (χ2v) is 6.44. The average Bonchev–Trinajstić information content (AvgIpc) is 2.37. The van der Waals surface area contributed by atoms with Crippen LogP contribution in [0.15, 0.2) is 11.6 Å². The number of aliphatic hydroxyl groups is 1. The van der Waals surface area contributed by atoms with E-state index in [1.165, 1.54) is 11.8 Å². The van der Waals surface area contributed by atoms with Crippen LogP contribution in [0.4, 0.5) is 0 Å². The van der Waals surface area contributed by atoms with Gasteiger partial charge in [0.15, 0.2) is 4.87 Å². The van der Waals surface area contributed by atoms with Crippen molar-refractivity contribution in [2.45, 2.75) is 51.5 Å². The van der Waals surface area contributed by atoms with Crippen LogP contribution in [-0.2, 0) is 14.9 Å². The molecule has 0 fully saturated rings. The molecule has 7 nitrogen and oxygen atoms in total. The molecule has 3 N–H and O–H groups in total. The van der Waals surface area contributed by atoms with Gasteiger partial charge in [-0.1, -0.05) is 27.2 Å². The fourth-order valence-corrected chi connectivity index (χ4v) is 3.75. The van der Waals surface area contributed by atoms with Gasteiger partial charge >= 0.3 is 5.97 Å². The van der Waals surface area contributed by atoms with Crippen LogP contribution in [0.1, 0.15) is 40.5 Å². The van der Waals surface area contributed by atoms with Gasteiger partial charge in [0, 0.05) is 5.57 Å². The van der Waals surface area contributed by atoms with Crippen molar-refractivity contribution in [3.8, 4) is 0 Å². The molecule has 2 atom stereocenters. The summed E-state index contributed by atoms with van der Waals surface area (Å²) in [5.74, 6) is -1.31. The molecule has 0 aliphatic heterocycles. The normalized spacial score (nSPS) is 17.6. The third kappa shape index (κ3) is 4.26. The van der Waals surface area contributed by atoms with Crippen molar-refractivity contribution in [3.05, 3.63) is 11.6 Å². The summed E-state index contributed by atoms with van der Waals surface area (Å²) in [5, 5.41) is 19.3. The fraction of sp³-hybridized carbons (Fsp3) is 0.769. The van der Waals surface area contributed by atoms with E-state index in [0.29, 0.717) is 6.42 Å². The van der Waals surface area contributed by atoms with Gasteiger partial charge in [0.2, 0.25) is 0 Å². The molecule has 0 rings (SSSR count). The minimum atomic E-state index is -4.76. The van der Waals surface area contributed by atoms with Crippen LogP contribution in [0.25, 0.3) is 0 Å². The summed E-state index contributed by atoms with van der Waals surface area (Å²) >= 11 is 0. The zero-order valence-electron chi connectivity index (χ0n) is 12.9. The van der Waals surface area contributed by atoms with Gasteiger partial charge in [0.25, 0.3) is 10.1 Å². The lowest BCUT2D eigenvalue weighted by Gasteiger charge is -2.41. The highest BCUT2D eigenvalue weighted by atomic mass is 32.2. The van der Waals surface area contributed by atoms with Gasteiger partial charge < -0.3 is 10.2 Å². The lowest BCUT2D eigenvalue weighted by atomic mass is 10.0. The number of hydrogen-bond donors (Lipinski definition) is 3. The van der Waals surface area contributed by atoms with E-state index in [2.05, 4.69) is 0 Å². The van der Waals surface area contributed by atoms with Crippen molar-refractivity contribution in [2.24, 2.45) is 0 Å². The lowest BCUT2D eigenvalue weighted by Crippen LogP contribution is -2.60. The number of likely N-dealkylation sites (N-methyl/N-ethyl adjacent to an activating group) is 1. The maximum absolute atomic E-state index is 12.0. The Morgan fingerprint density at radius 3 is 2.05 bits per heavy atom. The Bertz CT molecular complexity index is 483. The number of aliphatic carboxylic acids is 1. The molecule has 8 heteroatoms. The van der Waals surface area contributed by atoms with Crippen LogP contribution in [-0.4, -0.2) is 58.1 Å². The molecule has 0 spiro atoms. The molecule has 0 radical (unpaired) electrons. The Labute approximate surface area is 126 Å². The molecule has 0 aliphatic rings. The molecule has 2 unspecified atom stereocenters. The van der Waals surface area contributed by atoms with Gasteiger partial charge in [0.05, 0.1) is 6.10 Å². The van der Waals surface area contributed by atoms with Crippen molar-refractivity contribution >= 4 is 16.1 Å². The van der Waals surface area contributed by atoms with Gasteiger partial charge in [-0.2, -0.15) is 8.42 Å². The molecule has 0 amide bonds. The maximum atomic E-state index is 12.0. The first-order chi connectivity index (χ1) is 9.58. The minimum absolute atomic E-state index is 0.111. The van der Waals surface area contributed by atoms with Crippen LogP contribution in [0.2, 0.25) is 0 Å². The van der Waals surface area contributed by atoms with E-state index < -0.39 is 27.1 Å². The van der Waals surface area contributed by atoms with Gasteiger partial charge in [-0.3, -0.25) is 9.45 Å². The number of hydrogen-bond acceptors (Lipinski definition) is 5. The van der Waals surface area contributed by atoms with Gasteiger partial charge in [-0.25, -0.2) is 4.79 Å². The molecular formula is C13H25NO6S. The fourth-order valence-electron chi connectivity index (χ4n) is 2.38.